The molecule has 0 unspecified atom stereocenters. The molecule has 0 saturated carbocycles. The molecule has 0 saturated heterocycles. The predicted molar refractivity (Wildman–Crippen MR) is 105 cm³/mol. The zero-order chi connectivity index (χ0) is 18.9. The number of hydrogen-bond donors (Lipinski definition) is 2. The zero-order valence-corrected chi connectivity index (χ0v) is 15.9. The van der Waals surface area contributed by atoms with E-state index >= 15 is 0 Å². The number of rotatable bonds is 8. The van der Waals surface area contributed by atoms with Crippen LogP contribution in [0.4, 0.5) is 15.8 Å². The van der Waals surface area contributed by atoms with Crippen molar-refractivity contribution in [2.45, 2.75) is 31.1 Å². The average Bonchev–Trinajstić information content (AvgIpc) is 2.62. The van der Waals surface area contributed by atoms with E-state index in [2.05, 4.69) is 10.6 Å². The Morgan fingerprint density at radius 1 is 1.04 bits per heavy atom. The van der Waals surface area contributed by atoms with Crippen molar-refractivity contribution in [3.05, 3.63) is 53.3 Å². The van der Waals surface area contributed by atoms with Crippen molar-refractivity contribution >= 4 is 46.6 Å². The SMILES string of the molecule is CCCCC(=O)Nc1ccc(SCC(=O)Nc2ccc(F)c(Cl)c2)cc1. The summed E-state index contributed by atoms with van der Waals surface area (Å²) in [5.74, 6) is -0.530. The fourth-order valence-electron chi connectivity index (χ4n) is 2.12. The zero-order valence-electron chi connectivity index (χ0n) is 14.4. The molecule has 2 rings (SSSR count). The molecule has 0 aliphatic carbocycles. The van der Waals surface area contributed by atoms with Gasteiger partial charge >= 0.3 is 0 Å². The van der Waals surface area contributed by atoms with Crippen LogP contribution in [0.25, 0.3) is 0 Å². The van der Waals surface area contributed by atoms with Crippen molar-refractivity contribution in [3.8, 4) is 0 Å². The molecule has 138 valence electrons. The summed E-state index contributed by atoms with van der Waals surface area (Å²) in [7, 11) is 0. The summed E-state index contributed by atoms with van der Waals surface area (Å²) in [5.41, 5.74) is 1.19. The minimum absolute atomic E-state index is 0.00425. The smallest absolute Gasteiger partial charge is 0.234 e. The molecule has 7 heteroatoms. The number of carbonyl (C=O) groups is 2. The molecular formula is C19H20ClFN2O2S. The Bertz CT molecular complexity index is 769. The number of amides is 2. The molecule has 0 atom stereocenters. The number of nitrogens with one attached hydrogen (secondary N) is 2. The molecule has 2 aromatic carbocycles. The Labute approximate surface area is 161 Å². The van der Waals surface area contributed by atoms with Gasteiger partial charge in [-0.15, -0.1) is 11.8 Å². The molecule has 0 radical (unpaired) electrons. The molecule has 4 nitrogen and oxygen atoms in total. The van der Waals surface area contributed by atoms with Crippen LogP contribution in [0.1, 0.15) is 26.2 Å². The summed E-state index contributed by atoms with van der Waals surface area (Å²) in [5, 5.41) is 5.47. The summed E-state index contributed by atoms with van der Waals surface area (Å²) in [6, 6.07) is 11.4. The molecule has 0 heterocycles. The first-order valence-electron chi connectivity index (χ1n) is 8.25. The van der Waals surface area contributed by atoms with Crippen LogP contribution in [-0.2, 0) is 9.59 Å². The van der Waals surface area contributed by atoms with Gasteiger partial charge in [0.1, 0.15) is 5.82 Å². The molecule has 2 aromatic rings. The first kappa shape index (κ1) is 20.3. The normalized spacial score (nSPS) is 10.4. The topological polar surface area (TPSA) is 58.2 Å². The molecule has 2 amide bonds. The highest BCUT2D eigenvalue weighted by Gasteiger charge is 2.07. The number of benzene rings is 2. The second-order valence-electron chi connectivity index (χ2n) is 5.64. The van der Waals surface area contributed by atoms with Gasteiger partial charge in [-0.2, -0.15) is 0 Å². The lowest BCUT2D eigenvalue weighted by molar-refractivity contribution is -0.116. The van der Waals surface area contributed by atoms with Gasteiger partial charge < -0.3 is 10.6 Å². The first-order valence-corrected chi connectivity index (χ1v) is 9.62. The summed E-state index contributed by atoms with van der Waals surface area (Å²) in [4.78, 5) is 24.6. The van der Waals surface area contributed by atoms with Crippen LogP contribution < -0.4 is 10.6 Å². The minimum Gasteiger partial charge on any atom is -0.326 e. The Morgan fingerprint density at radius 3 is 2.35 bits per heavy atom. The van der Waals surface area contributed by atoms with Crippen LogP contribution in [-0.4, -0.2) is 17.6 Å². The largest absolute Gasteiger partial charge is 0.326 e. The third-order valence-corrected chi connectivity index (χ3v) is 4.77. The van der Waals surface area contributed by atoms with Gasteiger partial charge in [-0.3, -0.25) is 9.59 Å². The number of hydrogen-bond acceptors (Lipinski definition) is 3. The first-order chi connectivity index (χ1) is 12.5. The van der Waals surface area contributed by atoms with Crippen molar-refractivity contribution in [3.63, 3.8) is 0 Å². The monoisotopic (exact) mass is 394 g/mol. The van der Waals surface area contributed by atoms with Gasteiger partial charge in [0.05, 0.1) is 10.8 Å². The Hall–Kier alpha value is -2.05. The number of anilines is 2. The van der Waals surface area contributed by atoms with Crippen LogP contribution in [0.5, 0.6) is 0 Å². The standard InChI is InChI=1S/C19H20ClFN2O2S/c1-2-3-4-18(24)22-13-5-8-15(9-6-13)26-12-19(25)23-14-7-10-17(21)16(20)11-14/h5-11H,2-4,12H2,1H3,(H,22,24)(H,23,25). The molecule has 0 spiro atoms. The number of thioether (sulfide) groups is 1. The van der Waals surface area contributed by atoms with Gasteiger partial charge in [-0.05, 0) is 48.9 Å². The molecule has 0 aliphatic rings. The van der Waals surface area contributed by atoms with Crippen LogP contribution in [0.2, 0.25) is 5.02 Å². The van der Waals surface area contributed by atoms with Crippen LogP contribution in [0.3, 0.4) is 0 Å². The third kappa shape index (κ3) is 6.69. The molecule has 0 aliphatic heterocycles. The van der Waals surface area contributed by atoms with Crippen LogP contribution >= 0.6 is 23.4 Å². The lowest BCUT2D eigenvalue weighted by Gasteiger charge is -2.07. The van der Waals surface area contributed by atoms with E-state index in [-0.39, 0.29) is 22.6 Å². The highest BCUT2D eigenvalue weighted by Crippen LogP contribution is 2.22. The van der Waals surface area contributed by atoms with Crippen molar-refractivity contribution in [2.24, 2.45) is 0 Å². The molecule has 26 heavy (non-hydrogen) atoms. The van der Waals surface area contributed by atoms with Crippen molar-refractivity contribution < 1.29 is 14.0 Å². The summed E-state index contributed by atoms with van der Waals surface area (Å²) >= 11 is 7.05. The maximum Gasteiger partial charge on any atom is 0.234 e. The fourth-order valence-corrected chi connectivity index (χ4v) is 2.99. The van der Waals surface area contributed by atoms with E-state index in [1.165, 1.54) is 30.0 Å². The minimum atomic E-state index is -0.527. The number of halogens is 2. The fraction of sp³-hybridized carbons (Fsp3) is 0.263. The highest BCUT2D eigenvalue weighted by atomic mass is 35.5. The average molecular weight is 395 g/mol. The van der Waals surface area contributed by atoms with E-state index < -0.39 is 5.82 Å². The summed E-state index contributed by atoms with van der Waals surface area (Å²) < 4.78 is 13.1. The lowest BCUT2D eigenvalue weighted by Crippen LogP contribution is -2.14. The number of unbranched alkanes of at least 4 members (excludes halogenated alkanes) is 1. The van der Waals surface area contributed by atoms with E-state index in [0.717, 1.165) is 23.4 Å². The molecule has 0 bridgehead atoms. The van der Waals surface area contributed by atoms with Crippen molar-refractivity contribution in [1.29, 1.82) is 0 Å². The third-order valence-electron chi connectivity index (χ3n) is 3.47. The summed E-state index contributed by atoms with van der Waals surface area (Å²) in [6.45, 7) is 2.04. The highest BCUT2D eigenvalue weighted by molar-refractivity contribution is 8.00. The van der Waals surface area contributed by atoms with Gasteiger partial charge in [-0.25, -0.2) is 4.39 Å². The molecular weight excluding hydrogens is 375 g/mol. The van der Waals surface area contributed by atoms with E-state index in [1.54, 1.807) is 0 Å². The van der Waals surface area contributed by atoms with Crippen molar-refractivity contribution in [1.82, 2.24) is 0 Å². The maximum atomic E-state index is 13.1. The Morgan fingerprint density at radius 2 is 1.69 bits per heavy atom. The second kappa shape index (κ2) is 10.2. The van der Waals surface area contributed by atoms with E-state index in [0.29, 0.717) is 12.1 Å². The van der Waals surface area contributed by atoms with Crippen LogP contribution in [0.15, 0.2) is 47.4 Å². The maximum absolute atomic E-state index is 13.1. The van der Waals surface area contributed by atoms with Crippen molar-refractivity contribution in [2.75, 3.05) is 16.4 Å². The number of carbonyl (C=O) groups excluding carboxylic acids is 2. The van der Waals surface area contributed by atoms with Gasteiger partial charge in [0, 0.05) is 22.7 Å². The van der Waals surface area contributed by atoms with E-state index in [4.69, 9.17) is 11.6 Å². The Balaban J connectivity index is 1.80. The molecule has 0 fully saturated rings. The van der Waals surface area contributed by atoms with Crippen LogP contribution in [0, 0.1) is 5.82 Å². The van der Waals surface area contributed by atoms with Gasteiger partial charge in [-0.1, -0.05) is 24.9 Å². The second-order valence-corrected chi connectivity index (χ2v) is 7.10. The lowest BCUT2D eigenvalue weighted by atomic mass is 10.2. The Kier molecular flexibility index (Phi) is 7.94. The quantitative estimate of drug-likeness (QED) is 0.594. The summed E-state index contributed by atoms with van der Waals surface area (Å²) in [6.07, 6.45) is 2.36. The molecule has 0 aromatic heterocycles. The van der Waals surface area contributed by atoms with Gasteiger partial charge in [0.25, 0.3) is 0 Å². The van der Waals surface area contributed by atoms with Gasteiger partial charge in [0.2, 0.25) is 11.8 Å². The van der Waals surface area contributed by atoms with E-state index in [1.807, 2.05) is 31.2 Å². The molecule has 2 N–H and O–H groups in total. The van der Waals surface area contributed by atoms with Gasteiger partial charge in [0.15, 0.2) is 0 Å². The van der Waals surface area contributed by atoms with E-state index in [9.17, 15) is 14.0 Å². The predicted octanol–water partition coefficient (Wildman–Crippen LogP) is 5.34.